The van der Waals surface area contributed by atoms with Gasteiger partial charge in [0.05, 0.1) is 48.7 Å². The highest BCUT2D eigenvalue weighted by molar-refractivity contribution is 7.44. The fourth-order valence-corrected chi connectivity index (χ4v) is 7.87. The molecule has 5 rings (SSSR count). The van der Waals surface area contributed by atoms with Crippen LogP contribution in [-0.2, 0) is 28.9 Å². The molecule has 2 unspecified atom stereocenters. The molecule has 6 atom stereocenters. The number of carbonyl (C=O) groups is 1. The summed E-state index contributed by atoms with van der Waals surface area (Å²) in [5.41, 5.74) is -0.541. The molecular formula is C41H50N5O8P. The van der Waals surface area contributed by atoms with Gasteiger partial charge in [0.15, 0.2) is 0 Å². The Morgan fingerprint density at radius 1 is 1.04 bits per heavy atom. The molecular weight excluding hydrogens is 721 g/mol. The summed E-state index contributed by atoms with van der Waals surface area (Å²) in [6.45, 7) is 7.22. The van der Waals surface area contributed by atoms with Crippen molar-refractivity contribution in [2.45, 2.75) is 83.5 Å². The van der Waals surface area contributed by atoms with Crippen LogP contribution in [0.25, 0.3) is 0 Å². The van der Waals surface area contributed by atoms with Crippen LogP contribution in [0.3, 0.4) is 0 Å². The van der Waals surface area contributed by atoms with Crippen molar-refractivity contribution in [3.63, 3.8) is 0 Å². The quantitative estimate of drug-likeness (QED) is 0.0624. The molecule has 0 spiro atoms. The first-order chi connectivity index (χ1) is 27.7. The molecule has 0 saturated carbocycles. The van der Waals surface area contributed by atoms with E-state index in [1.54, 1.807) is 38.5 Å². The Hall–Kier alpha value is -4.67. The zero-order valence-corrected chi connectivity index (χ0v) is 32.9. The Morgan fingerprint density at radius 2 is 1.62 bits per heavy atom. The summed E-state index contributed by atoms with van der Waals surface area (Å²) in [6.07, 6.45) is -5.92. The van der Waals surface area contributed by atoms with Crippen molar-refractivity contribution in [2.24, 2.45) is 0 Å². The maximum absolute atomic E-state index is 13.5. The number of nitriles is 1. The minimum absolute atomic E-state index is 0.00883. The number of ether oxygens (including phenoxy) is 4. The molecule has 0 aliphatic carbocycles. The second-order valence-electron chi connectivity index (χ2n) is 13.1. The molecule has 3 aromatic carbocycles. The van der Waals surface area contributed by atoms with E-state index in [9.17, 15) is 19.0 Å². The average Bonchev–Trinajstić information content (AvgIpc) is 3.45. The van der Waals surface area contributed by atoms with Crippen molar-refractivity contribution < 1.29 is 36.9 Å². The number of aromatic nitrogens is 2. The molecule has 14 heteroatoms. The monoisotopic (exact) mass is 774 g/mol. The van der Waals surface area contributed by atoms with Crippen LogP contribution in [0.5, 0.6) is 11.5 Å². The third-order valence-corrected chi connectivity index (χ3v) is 10.7. The number of anilines is 1. The second-order valence-corrected chi connectivity index (χ2v) is 14.5. The summed E-state index contributed by atoms with van der Waals surface area (Å²) in [4.78, 5) is 29.2. The van der Waals surface area contributed by atoms with Gasteiger partial charge in [-0.1, -0.05) is 54.6 Å². The fraction of sp³-hybridized carbons (Fsp3) is 0.415. The van der Waals surface area contributed by atoms with Gasteiger partial charge in [0.2, 0.25) is 5.91 Å². The lowest BCUT2D eigenvalue weighted by atomic mass is 9.80. The number of rotatable bonds is 18. The van der Waals surface area contributed by atoms with Crippen molar-refractivity contribution >= 4 is 20.3 Å². The minimum Gasteiger partial charge on any atom is -0.497 e. The molecule has 0 radical (unpaired) electrons. The van der Waals surface area contributed by atoms with Gasteiger partial charge in [0.25, 0.3) is 8.53 Å². The molecule has 1 fully saturated rings. The number of carbonyl (C=O) groups excluding carboxylic acids is 1. The second kappa shape index (κ2) is 19.3. The Kier molecular flexibility index (Phi) is 13.1. The SMILES string of the molecule is [2H]C(OC(c1ccccc1)(c1ccc(OC)cc1)c1ccc(OC)cc1)[C@H]1O[C@@H](n2ccc(NC(C)=O)nc2=O)[C@H]([2H])[C@]1([2H])OP(OCCC#N)N(C(C)C)C(C)C. The number of hydrogen-bond acceptors (Lipinski definition) is 11. The van der Waals surface area contributed by atoms with Gasteiger partial charge in [-0.05, 0) is 74.7 Å². The average molecular weight is 775 g/mol. The van der Waals surface area contributed by atoms with E-state index < -0.39 is 57.1 Å². The predicted molar refractivity (Wildman–Crippen MR) is 210 cm³/mol. The first-order valence-corrected chi connectivity index (χ1v) is 19.0. The summed E-state index contributed by atoms with van der Waals surface area (Å²) in [5.74, 6) is 0.737. The minimum atomic E-state index is -2.42. The van der Waals surface area contributed by atoms with E-state index >= 15 is 0 Å². The number of methoxy groups -OCH3 is 2. The van der Waals surface area contributed by atoms with Crippen molar-refractivity contribution in [1.82, 2.24) is 14.2 Å². The molecule has 4 aromatic rings. The highest BCUT2D eigenvalue weighted by Gasteiger charge is 2.45. The van der Waals surface area contributed by atoms with Crippen molar-refractivity contribution in [3.8, 4) is 17.6 Å². The maximum Gasteiger partial charge on any atom is 0.351 e. The highest BCUT2D eigenvalue weighted by atomic mass is 31.2. The smallest absolute Gasteiger partial charge is 0.351 e. The molecule has 55 heavy (non-hydrogen) atoms. The number of hydrogen-bond donors (Lipinski definition) is 1. The van der Waals surface area contributed by atoms with Gasteiger partial charge in [-0.15, -0.1) is 0 Å². The van der Waals surface area contributed by atoms with Crippen LogP contribution >= 0.6 is 8.53 Å². The fourth-order valence-electron chi connectivity index (χ4n) is 6.24. The lowest BCUT2D eigenvalue weighted by molar-refractivity contribution is -0.114. The van der Waals surface area contributed by atoms with E-state index in [0.29, 0.717) is 28.2 Å². The van der Waals surface area contributed by atoms with Gasteiger partial charge in [-0.2, -0.15) is 10.2 Å². The lowest BCUT2D eigenvalue weighted by Crippen LogP contribution is -2.39. The summed E-state index contributed by atoms with van der Waals surface area (Å²) in [7, 11) is 0.960. The maximum atomic E-state index is 13.5. The Balaban J connectivity index is 1.70. The van der Waals surface area contributed by atoms with Gasteiger partial charge in [0, 0.05) is 33.0 Å². The normalized spacial score (nSPS) is 21.7. The number of benzene rings is 3. The van der Waals surface area contributed by atoms with E-state index in [0.717, 1.165) is 4.57 Å². The van der Waals surface area contributed by atoms with Crippen LogP contribution in [0.15, 0.2) is 95.9 Å². The molecule has 1 aliphatic heterocycles. The third-order valence-electron chi connectivity index (χ3n) is 8.67. The van der Waals surface area contributed by atoms with Crippen molar-refractivity contribution in [1.29, 1.82) is 5.26 Å². The Labute approximate surface area is 328 Å². The van der Waals surface area contributed by atoms with Gasteiger partial charge < -0.3 is 33.3 Å². The first kappa shape index (κ1) is 37.3. The summed E-state index contributed by atoms with van der Waals surface area (Å²) < 4.78 is 69.7. The molecule has 1 aliphatic rings. The molecule has 1 N–H and O–H groups in total. The number of nitrogens with zero attached hydrogens (tertiary/aromatic N) is 4. The van der Waals surface area contributed by atoms with Crippen LogP contribution in [0.4, 0.5) is 5.82 Å². The van der Waals surface area contributed by atoms with Crippen LogP contribution < -0.4 is 20.5 Å². The molecule has 1 amide bonds. The summed E-state index contributed by atoms with van der Waals surface area (Å²) >= 11 is 0. The van der Waals surface area contributed by atoms with Crippen molar-refractivity contribution in [2.75, 3.05) is 32.7 Å². The summed E-state index contributed by atoms with van der Waals surface area (Å²) in [5, 5.41) is 11.8. The standard InChI is InChI=1S/C41H50N5O8P/c1-28(2)46(29(3)4)55(52-25-11-23-42)54-36-26-39(45-24-22-38(43-30(5)47)44-40(45)48)53-37(36)27-51-41(31-12-9-8-10-13-31,32-14-18-34(49-6)19-15-32)33-16-20-35(50-7)21-17-33/h8-10,12-22,24,28-29,36-37,39H,11,25-27H2,1-7H3,(H,43,44,47,48)/t36-,37+,39+,55?/m0/s1/i26D,27D,36D/t26-,27?,36+,37-,39-,55?/m1. The molecule has 1 aromatic heterocycles. The first-order valence-electron chi connectivity index (χ1n) is 19.5. The van der Waals surface area contributed by atoms with Crippen LogP contribution in [0.2, 0.25) is 0 Å². The number of amides is 1. The van der Waals surface area contributed by atoms with E-state index in [1.807, 2.05) is 87.0 Å². The van der Waals surface area contributed by atoms with E-state index in [-0.39, 0.29) is 30.9 Å². The molecule has 2 heterocycles. The van der Waals surface area contributed by atoms with E-state index in [2.05, 4.69) is 16.4 Å². The molecule has 0 bridgehead atoms. The van der Waals surface area contributed by atoms with Gasteiger partial charge >= 0.3 is 5.69 Å². The predicted octanol–water partition coefficient (Wildman–Crippen LogP) is 7.18. The Bertz CT molecular complexity index is 2020. The van der Waals surface area contributed by atoms with Crippen LogP contribution in [-0.4, -0.2) is 71.8 Å². The number of nitrogens with one attached hydrogen (secondary N) is 1. The lowest BCUT2D eigenvalue weighted by Gasteiger charge is -2.39. The third kappa shape index (κ3) is 9.96. The van der Waals surface area contributed by atoms with Crippen molar-refractivity contribution in [3.05, 3.63) is 118 Å². The van der Waals surface area contributed by atoms with Gasteiger partial charge in [-0.25, -0.2) is 9.46 Å². The van der Waals surface area contributed by atoms with Crippen LogP contribution in [0, 0.1) is 11.3 Å². The highest BCUT2D eigenvalue weighted by Crippen LogP contribution is 2.50. The van der Waals surface area contributed by atoms with E-state index in [4.69, 9.17) is 28.0 Å². The van der Waals surface area contributed by atoms with E-state index in [1.165, 1.54) is 19.2 Å². The molecule has 292 valence electrons. The zero-order valence-electron chi connectivity index (χ0n) is 35.0. The van der Waals surface area contributed by atoms with Gasteiger partial charge in [0.1, 0.15) is 35.2 Å². The molecule has 1 saturated heterocycles. The molecule has 13 nitrogen and oxygen atoms in total. The summed E-state index contributed by atoms with van der Waals surface area (Å²) in [6, 6.07) is 26.8. The zero-order chi connectivity index (χ0) is 42.2. The topological polar surface area (TPSA) is 146 Å². The Morgan fingerprint density at radius 3 is 2.13 bits per heavy atom. The van der Waals surface area contributed by atoms with Crippen LogP contribution in [0.1, 0.15) is 74.5 Å². The largest absolute Gasteiger partial charge is 0.497 e. The van der Waals surface area contributed by atoms with Gasteiger partial charge in [-0.3, -0.25) is 9.36 Å².